The zero-order valence-electron chi connectivity index (χ0n) is 10.1. The molecule has 1 heterocycles. The minimum atomic E-state index is -0.720. The highest BCUT2D eigenvalue weighted by atomic mass is 35.5. The second-order valence-electron chi connectivity index (χ2n) is 3.70. The molecule has 104 valence electrons. The Balaban J connectivity index is 1.90. The van der Waals surface area contributed by atoms with Crippen molar-refractivity contribution in [3.63, 3.8) is 0 Å². The molecule has 0 atom stereocenters. The Kier molecular flexibility index (Phi) is 4.65. The first kappa shape index (κ1) is 14.4. The van der Waals surface area contributed by atoms with Gasteiger partial charge in [-0.25, -0.2) is 4.79 Å². The SMILES string of the molecule is O=C(COC(=O)c1ccco1)Nc1cccc(Cl)c1Cl. The molecule has 1 N–H and O–H groups in total. The van der Waals surface area contributed by atoms with E-state index in [1.807, 2.05) is 0 Å². The van der Waals surface area contributed by atoms with Crippen LogP contribution >= 0.6 is 23.2 Å². The molecule has 0 aliphatic carbocycles. The van der Waals surface area contributed by atoms with Crippen LogP contribution < -0.4 is 5.32 Å². The lowest BCUT2D eigenvalue weighted by atomic mass is 10.3. The molecule has 0 saturated heterocycles. The molecule has 0 spiro atoms. The van der Waals surface area contributed by atoms with Crippen molar-refractivity contribution in [2.24, 2.45) is 0 Å². The first-order valence-corrected chi connectivity index (χ1v) is 6.28. The van der Waals surface area contributed by atoms with Crippen LogP contribution in [0.1, 0.15) is 10.6 Å². The smallest absolute Gasteiger partial charge is 0.374 e. The van der Waals surface area contributed by atoms with Crippen LogP contribution in [0.2, 0.25) is 10.0 Å². The number of rotatable bonds is 4. The van der Waals surface area contributed by atoms with Gasteiger partial charge in [0.05, 0.1) is 22.0 Å². The van der Waals surface area contributed by atoms with Gasteiger partial charge in [-0.15, -0.1) is 0 Å². The van der Waals surface area contributed by atoms with E-state index < -0.39 is 18.5 Å². The van der Waals surface area contributed by atoms with Gasteiger partial charge in [0.25, 0.3) is 5.91 Å². The van der Waals surface area contributed by atoms with Crippen LogP contribution in [-0.4, -0.2) is 18.5 Å². The highest BCUT2D eigenvalue weighted by Gasteiger charge is 2.13. The second-order valence-corrected chi connectivity index (χ2v) is 4.49. The highest BCUT2D eigenvalue weighted by Crippen LogP contribution is 2.29. The monoisotopic (exact) mass is 313 g/mol. The van der Waals surface area contributed by atoms with Gasteiger partial charge in [0.15, 0.2) is 6.61 Å². The van der Waals surface area contributed by atoms with Crippen LogP contribution in [0.5, 0.6) is 0 Å². The zero-order chi connectivity index (χ0) is 14.5. The van der Waals surface area contributed by atoms with Gasteiger partial charge in [-0.1, -0.05) is 29.3 Å². The summed E-state index contributed by atoms with van der Waals surface area (Å²) in [6.07, 6.45) is 1.34. The van der Waals surface area contributed by atoms with E-state index in [-0.39, 0.29) is 10.8 Å². The lowest BCUT2D eigenvalue weighted by molar-refractivity contribution is -0.119. The molecule has 0 fully saturated rings. The van der Waals surface area contributed by atoms with E-state index in [1.54, 1.807) is 24.3 Å². The zero-order valence-corrected chi connectivity index (χ0v) is 11.6. The molecule has 0 saturated carbocycles. The van der Waals surface area contributed by atoms with Gasteiger partial charge in [0, 0.05) is 0 Å². The molecule has 1 aromatic carbocycles. The number of carbonyl (C=O) groups is 2. The van der Waals surface area contributed by atoms with Gasteiger partial charge in [0.1, 0.15) is 0 Å². The van der Waals surface area contributed by atoms with Crippen molar-refractivity contribution in [3.05, 3.63) is 52.4 Å². The molecule has 20 heavy (non-hydrogen) atoms. The van der Waals surface area contributed by atoms with Crippen LogP contribution in [0.3, 0.4) is 0 Å². The number of anilines is 1. The van der Waals surface area contributed by atoms with Crippen molar-refractivity contribution in [2.45, 2.75) is 0 Å². The minimum Gasteiger partial charge on any atom is -0.457 e. The number of hydrogen-bond donors (Lipinski definition) is 1. The number of carbonyl (C=O) groups excluding carboxylic acids is 2. The molecular formula is C13H9Cl2NO4. The minimum absolute atomic E-state index is 0.0265. The van der Waals surface area contributed by atoms with Crippen LogP contribution in [0, 0.1) is 0 Å². The summed E-state index contributed by atoms with van der Waals surface area (Å²) in [6, 6.07) is 7.80. The van der Waals surface area contributed by atoms with Gasteiger partial charge in [-0.2, -0.15) is 0 Å². The van der Waals surface area contributed by atoms with E-state index in [0.717, 1.165) is 0 Å². The molecule has 0 aliphatic heterocycles. The number of furan rings is 1. The number of amides is 1. The number of benzene rings is 1. The number of nitrogens with one attached hydrogen (secondary N) is 1. The number of halogens is 2. The van der Waals surface area contributed by atoms with Gasteiger partial charge >= 0.3 is 5.97 Å². The Bertz CT molecular complexity index is 625. The lowest BCUT2D eigenvalue weighted by Crippen LogP contribution is -2.20. The van der Waals surface area contributed by atoms with E-state index in [0.29, 0.717) is 10.7 Å². The maximum Gasteiger partial charge on any atom is 0.374 e. The van der Waals surface area contributed by atoms with Crippen molar-refractivity contribution >= 4 is 40.8 Å². The third-order valence-corrected chi connectivity index (χ3v) is 3.10. The van der Waals surface area contributed by atoms with Crippen LogP contribution in [0.25, 0.3) is 0 Å². The molecule has 0 radical (unpaired) electrons. The molecule has 1 amide bonds. The predicted molar refractivity (Wildman–Crippen MR) is 74.1 cm³/mol. The lowest BCUT2D eigenvalue weighted by Gasteiger charge is -2.08. The molecule has 0 bridgehead atoms. The normalized spacial score (nSPS) is 10.1. The van der Waals surface area contributed by atoms with E-state index >= 15 is 0 Å². The third kappa shape index (κ3) is 3.53. The summed E-state index contributed by atoms with van der Waals surface area (Å²) in [4.78, 5) is 23.1. The molecule has 2 aromatic rings. The van der Waals surface area contributed by atoms with Crippen molar-refractivity contribution in [1.82, 2.24) is 0 Å². The predicted octanol–water partition coefficient (Wildman–Crippen LogP) is 3.38. The quantitative estimate of drug-likeness (QED) is 0.878. The average molecular weight is 314 g/mol. The number of ether oxygens (including phenoxy) is 1. The molecule has 0 aliphatic rings. The maximum absolute atomic E-state index is 11.6. The van der Waals surface area contributed by atoms with Gasteiger partial charge in [-0.05, 0) is 24.3 Å². The van der Waals surface area contributed by atoms with Gasteiger partial charge in [0.2, 0.25) is 5.76 Å². The Morgan fingerprint density at radius 2 is 2.00 bits per heavy atom. The summed E-state index contributed by atoms with van der Waals surface area (Å²) in [5, 5.41) is 3.03. The molecule has 2 rings (SSSR count). The molecular weight excluding hydrogens is 305 g/mol. The summed E-state index contributed by atoms with van der Waals surface area (Å²) in [5.74, 6) is -1.23. The Labute approximate surface area is 124 Å². The Hall–Kier alpha value is -1.98. The molecule has 7 heteroatoms. The third-order valence-electron chi connectivity index (χ3n) is 2.28. The summed E-state index contributed by atoms with van der Waals surface area (Å²) < 4.78 is 9.61. The first-order valence-electron chi connectivity index (χ1n) is 5.52. The fourth-order valence-corrected chi connectivity index (χ4v) is 1.73. The topological polar surface area (TPSA) is 68.5 Å². The first-order chi connectivity index (χ1) is 9.58. The average Bonchev–Trinajstić information content (AvgIpc) is 2.95. The van der Waals surface area contributed by atoms with Crippen molar-refractivity contribution in [1.29, 1.82) is 0 Å². The standard InChI is InChI=1S/C13H9Cl2NO4/c14-8-3-1-4-9(12(8)15)16-11(17)7-20-13(18)10-5-2-6-19-10/h1-6H,7H2,(H,16,17). The highest BCUT2D eigenvalue weighted by molar-refractivity contribution is 6.43. The summed E-state index contributed by atoms with van der Waals surface area (Å²) in [7, 11) is 0. The summed E-state index contributed by atoms with van der Waals surface area (Å²) >= 11 is 11.7. The number of esters is 1. The Morgan fingerprint density at radius 3 is 2.70 bits per heavy atom. The molecule has 5 nitrogen and oxygen atoms in total. The number of hydrogen-bond acceptors (Lipinski definition) is 4. The van der Waals surface area contributed by atoms with E-state index in [1.165, 1.54) is 12.3 Å². The largest absolute Gasteiger partial charge is 0.457 e. The van der Waals surface area contributed by atoms with Crippen LogP contribution in [-0.2, 0) is 9.53 Å². The fraction of sp³-hybridized carbons (Fsp3) is 0.0769. The van der Waals surface area contributed by atoms with Gasteiger partial charge < -0.3 is 14.5 Å². The fourth-order valence-electron chi connectivity index (χ4n) is 1.38. The van der Waals surface area contributed by atoms with Crippen molar-refractivity contribution < 1.29 is 18.7 Å². The molecule has 0 unspecified atom stereocenters. The maximum atomic E-state index is 11.6. The van der Waals surface area contributed by atoms with Gasteiger partial charge in [-0.3, -0.25) is 4.79 Å². The Morgan fingerprint density at radius 1 is 1.20 bits per heavy atom. The van der Waals surface area contributed by atoms with Crippen molar-refractivity contribution in [2.75, 3.05) is 11.9 Å². The summed E-state index contributed by atoms with van der Waals surface area (Å²) in [5.41, 5.74) is 0.346. The van der Waals surface area contributed by atoms with E-state index in [9.17, 15) is 9.59 Å². The second kappa shape index (κ2) is 6.45. The van der Waals surface area contributed by atoms with E-state index in [4.69, 9.17) is 32.4 Å². The molecule has 1 aromatic heterocycles. The van der Waals surface area contributed by atoms with Crippen LogP contribution in [0.15, 0.2) is 41.0 Å². The van der Waals surface area contributed by atoms with Crippen LogP contribution in [0.4, 0.5) is 5.69 Å². The van der Waals surface area contributed by atoms with Crippen molar-refractivity contribution in [3.8, 4) is 0 Å². The summed E-state index contributed by atoms with van der Waals surface area (Å²) in [6.45, 7) is -0.456. The van der Waals surface area contributed by atoms with E-state index in [2.05, 4.69) is 5.32 Å².